The Morgan fingerprint density at radius 1 is 1.28 bits per heavy atom. The number of aryl methyl sites for hydroxylation is 1. The van der Waals surface area contributed by atoms with Crippen molar-refractivity contribution in [1.29, 1.82) is 0 Å². The van der Waals surface area contributed by atoms with Crippen LogP contribution >= 0.6 is 0 Å². The number of nitrogens with one attached hydrogen (secondary N) is 1. The monoisotopic (exact) mass is 251 g/mol. The molecule has 0 aliphatic carbocycles. The third kappa shape index (κ3) is 5.07. The molecule has 2 N–H and O–H groups in total. The Labute approximate surface area is 110 Å². The highest BCUT2D eigenvalue weighted by Crippen LogP contribution is 2.17. The molecule has 0 spiro atoms. The summed E-state index contributed by atoms with van der Waals surface area (Å²) in [5.41, 5.74) is 3.34. The molecule has 0 fully saturated rings. The van der Waals surface area contributed by atoms with Gasteiger partial charge in [-0.05, 0) is 51.8 Å². The fourth-order valence-electron chi connectivity index (χ4n) is 1.58. The fourth-order valence-corrected chi connectivity index (χ4v) is 1.58. The maximum absolute atomic E-state index is 9.85. The predicted molar refractivity (Wildman–Crippen MR) is 76.1 cm³/mol. The van der Waals surface area contributed by atoms with Crippen LogP contribution < -0.4 is 5.32 Å². The Hall–Kier alpha value is -1.06. The maximum Gasteiger partial charge on any atom is 0.0945 e. The molecule has 1 atom stereocenters. The first kappa shape index (κ1) is 15.0. The molecule has 3 nitrogen and oxygen atoms in total. The summed E-state index contributed by atoms with van der Waals surface area (Å²) in [6.07, 6.45) is -0.496. The van der Waals surface area contributed by atoms with E-state index in [2.05, 4.69) is 25.2 Å². The lowest BCUT2D eigenvalue weighted by atomic mass is 10.1. The minimum atomic E-state index is -0.496. The minimum absolute atomic E-state index is 0.208. The van der Waals surface area contributed by atoms with E-state index in [1.165, 1.54) is 11.1 Å². The van der Waals surface area contributed by atoms with E-state index in [0.29, 0.717) is 13.2 Å². The van der Waals surface area contributed by atoms with Crippen molar-refractivity contribution in [1.82, 2.24) is 0 Å². The van der Waals surface area contributed by atoms with Gasteiger partial charge >= 0.3 is 0 Å². The van der Waals surface area contributed by atoms with Gasteiger partial charge in [0, 0.05) is 12.2 Å². The Bertz CT molecular complexity index is 383. The number of anilines is 1. The second-order valence-electron chi connectivity index (χ2n) is 5.71. The van der Waals surface area contributed by atoms with E-state index in [1.807, 2.05) is 32.9 Å². The van der Waals surface area contributed by atoms with E-state index in [4.69, 9.17) is 4.74 Å². The van der Waals surface area contributed by atoms with Crippen LogP contribution in [0.25, 0.3) is 0 Å². The standard InChI is InChI=1S/C15H25NO2/c1-11-7-6-8-14(12(11)2)16-9-13(17)10-18-15(3,4)5/h6-8,13,16-17H,9-10H2,1-5H3. The summed E-state index contributed by atoms with van der Waals surface area (Å²) in [5, 5.41) is 13.1. The Morgan fingerprint density at radius 2 is 1.94 bits per heavy atom. The average molecular weight is 251 g/mol. The van der Waals surface area contributed by atoms with Crippen molar-refractivity contribution < 1.29 is 9.84 Å². The van der Waals surface area contributed by atoms with Crippen LogP contribution in [0, 0.1) is 13.8 Å². The van der Waals surface area contributed by atoms with Crippen molar-refractivity contribution in [3.63, 3.8) is 0 Å². The van der Waals surface area contributed by atoms with Crippen LogP contribution in [0.1, 0.15) is 31.9 Å². The van der Waals surface area contributed by atoms with Crippen molar-refractivity contribution in [3.8, 4) is 0 Å². The average Bonchev–Trinajstić information content (AvgIpc) is 2.27. The zero-order valence-electron chi connectivity index (χ0n) is 12.1. The Morgan fingerprint density at radius 3 is 2.56 bits per heavy atom. The molecule has 0 saturated carbocycles. The van der Waals surface area contributed by atoms with Gasteiger partial charge in [0.05, 0.1) is 18.3 Å². The van der Waals surface area contributed by atoms with E-state index < -0.39 is 6.10 Å². The summed E-state index contributed by atoms with van der Waals surface area (Å²) in [5.74, 6) is 0. The highest BCUT2D eigenvalue weighted by Gasteiger charge is 2.13. The highest BCUT2D eigenvalue weighted by atomic mass is 16.5. The van der Waals surface area contributed by atoms with Gasteiger partial charge in [-0.25, -0.2) is 0 Å². The van der Waals surface area contributed by atoms with Crippen LogP contribution in [0.5, 0.6) is 0 Å². The van der Waals surface area contributed by atoms with Gasteiger partial charge in [-0.3, -0.25) is 0 Å². The van der Waals surface area contributed by atoms with Crippen molar-refractivity contribution in [2.45, 2.75) is 46.3 Å². The first-order chi connectivity index (χ1) is 8.29. The van der Waals surface area contributed by atoms with Crippen LogP contribution in [0.15, 0.2) is 18.2 Å². The predicted octanol–water partition coefficient (Wildman–Crippen LogP) is 2.89. The number of aliphatic hydroxyl groups is 1. The molecule has 0 amide bonds. The van der Waals surface area contributed by atoms with Gasteiger partial charge in [-0.2, -0.15) is 0 Å². The lowest BCUT2D eigenvalue weighted by Crippen LogP contribution is -2.30. The topological polar surface area (TPSA) is 41.5 Å². The number of benzene rings is 1. The van der Waals surface area contributed by atoms with E-state index in [-0.39, 0.29) is 5.60 Å². The normalized spacial score (nSPS) is 13.4. The van der Waals surface area contributed by atoms with Crippen LogP contribution in [0.2, 0.25) is 0 Å². The Balaban J connectivity index is 2.43. The molecule has 0 bridgehead atoms. The van der Waals surface area contributed by atoms with E-state index in [1.54, 1.807) is 0 Å². The van der Waals surface area contributed by atoms with Crippen LogP contribution in [0.3, 0.4) is 0 Å². The molecule has 3 heteroatoms. The van der Waals surface area contributed by atoms with Crippen molar-refractivity contribution in [2.24, 2.45) is 0 Å². The van der Waals surface area contributed by atoms with Crippen molar-refractivity contribution in [3.05, 3.63) is 29.3 Å². The lowest BCUT2D eigenvalue weighted by Gasteiger charge is -2.22. The number of rotatable bonds is 5. The second-order valence-corrected chi connectivity index (χ2v) is 5.71. The van der Waals surface area contributed by atoms with Gasteiger partial charge in [-0.1, -0.05) is 12.1 Å². The van der Waals surface area contributed by atoms with Crippen LogP contribution in [0.4, 0.5) is 5.69 Å². The summed E-state index contributed by atoms with van der Waals surface area (Å²) < 4.78 is 5.54. The van der Waals surface area contributed by atoms with Gasteiger partial charge in [0.25, 0.3) is 0 Å². The molecule has 1 unspecified atom stereocenters. The number of hydrogen-bond donors (Lipinski definition) is 2. The van der Waals surface area contributed by atoms with Crippen molar-refractivity contribution in [2.75, 3.05) is 18.5 Å². The van der Waals surface area contributed by atoms with Gasteiger partial charge in [0.1, 0.15) is 0 Å². The molecular formula is C15H25NO2. The van der Waals surface area contributed by atoms with Gasteiger partial charge in [-0.15, -0.1) is 0 Å². The summed E-state index contributed by atoms with van der Waals surface area (Å²) in [6.45, 7) is 11.0. The molecule has 0 saturated heterocycles. The molecule has 0 aliphatic heterocycles. The molecular weight excluding hydrogens is 226 g/mol. The minimum Gasteiger partial charge on any atom is -0.389 e. The third-order valence-electron chi connectivity index (χ3n) is 2.84. The number of aliphatic hydroxyl groups excluding tert-OH is 1. The number of hydrogen-bond acceptors (Lipinski definition) is 3. The molecule has 102 valence electrons. The van der Waals surface area contributed by atoms with Gasteiger partial charge < -0.3 is 15.2 Å². The first-order valence-electron chi connectivity index (χ1n) is 6.42. The van der Waals surface area contributed by atoms with Crippen molar-refractivity contribution >= 4 is 5.69 Å². The zero-order chi connectivity index (χ0) is 13.8. The van der Waals surface area contributed by atoms with E-state index in [9.17, 15) is 5.11 Å². The molecule has 1 rings (SSSR count). The highest BCUT2D eigenvalue weighted by molar-refractivity contribution is 5.53. The molecule has 0 aromatic heterocycles. The molecule has 18 heavy (non-hydrogen) atoms. The summed E-state index contributed by atoms with van der Waals surface area (Å²) in [7, 11) is 0. The largest absolute Gasteiger partial charge is 0.389 e. The quantitative estimate of drug-likeness (QED) is 0.845. The van der Waals surface area contributed by atoms with Gasteiger partial charge in [0.15, 0.2) is 0 Å². The molecule has 0 aliphatic rings. The SMILES string of the molecule is Cc1cccc(NCC(O)COC(C)(C)C)c1C. The van der Waals surface area contributed by atoms with Gasteiger partial charge in [0.2, 0.25) is 0 Å². The maximum atomic E-state index is 9.85. The smallest absolute Gasteiger partial charge is 0.0945 e. The lowest BCUT2D eigenvalue weighted by molar-refractivity contribution is -0.0449. The second kappa shape index (κ2) is 6.21. The molecule has 0 heterocycles. The first-order valence-corrected chi connectivity index (χ1v) is 6.42. The number of ether oxygens (including phenoxy) is 1. The Kier molecular flexibility index (Phi) is 5.17. The van der Waals surface area contributed by atoms with Crippen LogP contribution in [-0.2, 0) is 4.74 Å². The summed E-state index contributed by atoms with van der Waals surface area (Å²) >= 11 is 0. The zero-order valence-corrected chi connectivity index (χ0v) is 12.1. The van der Waals surface area contributed by atoms with Crippen LogP contribution in [-0.4, -0.2) is 30.0 Å². The van der Waals surface area contributed by atoms with E-state index >= 15 is 0 Å². The molecule has 1 aromatic carbocycles. The molecule has 1 aromatic rings. The van der Waals surface area contributed by atoms with E-state index in [0.717, 1.165) is 5.69 Å². The third-order valence-corrected chi connectivity index (χ3v) is 2.84. The fraction of sp³-hybridized carbons (Fsp3) is 0.600. The summed E-state index contributed by atoms with van der Waals surface area (Å²) in [6, 6.07) is 6.13. The summed E-state index contributed by atoms with van der Waals surface area (Å²) in [4.78, 5) is 0. The molecule has 0 radical (unpaired) electrons.